The number of carbonyl (C=O) groups excluding carboxylic acids is 1. The molecule has 0 aliphatic carbocycles. The van der Waals surface area contributed by atoms with Crippen LogP contribution >= 0.6 is 0 Å². The van der Waals surface area contributed by atoms with E-state index in [0.717, 1.165) is 11.3 Å². The molecule has 1 heterocycles. The van der Waals surface area contributed by atoms with Crippen LogP contribution in [0, 0.1) is 0 Å². The van der Waals surface area contributed by atoms with Crippen LogP contribution in [0.25, 0.3) is 6.08 Å². The summed E-state index contributed by atoms with van der Waals surface area (Å²) in [5.74, 6) is 2.16. The Morgan fingerprint density at radius 1 is 1.07 bits per heavy atom. The number of amides is 1. The minimum absolute atomic E-state index is 0.126. The maximum Gasteiger partial charge on any atom is 0.244 e. The number of nitrogens with one attached hydrogen (secondary N) is 1. The Hall–Kier alpha value is -3.15. The summed E-state index contributed by atoms with van der Waals surface area (Å²) < 4.78 is 22.2. The third-order valence-corrected chi connectivity index (χ3v) is 4.84. The fourth-order valence-corrected chi connectivity index (χ4v) is 3.57. The van der Waals surface area contributed by atoms with Gasteiger partial charge in [0, 0.05) is 23.6 Å². The van der Waals surface area contributed by atoms with Gasteiger partial charge in [0.15, 0.2) is 11.5 Å². The summed E-state index contributed by atoms with van der Waals surface area (Å²) in [6.45, 7) is 4.04. The van der Waals surface area contributed by atoms with Crippen molar-refractivity contribution in [3.8, 4) is 23.0 Å². The van der Waals surface area contributed by atoms with Crippen molar-refractivity contribution in [2.24, 2.45) is 0 Å². The molecule has 6 nitrogen and oxygen atoms in total. The molecule has 0 bridgehead atoms. The number of carbonyl (C=O) groups is 1. The van der Waals surface area contributed by atoms with Gasteiger partial charge in [-0.05, 0) is 38.1 Å². The minimum atomic E-state index is -0.359. The van der Waals surface area contributed by atoms with Gasteiger partial charge in [0.25, 0.3) is 0 Å². The molecule has 1 aliphatic rings. The molecule has 6 heteroatoms. The second kappa shape index (κ2) is 8.47. The second-order valence-corrected chi connectivity index (χ2v) is 7.42. The first-order valence-electron chi connectivity index (χ1n) is 9.44. The Labute approximate surface area is 171 Å². The molecular weight excluding hydrogens is 370 g/mol. The smallest absolute Gasteiger partial charge is 0.244 e. The zero-order valence-corrected chi connectivity index (χ0v) is 17.4. The lowest BCUT2D eigenvalue weighted by molar-refractivity contribution is -0.117. The summed E-state index contributed by atoms with van der Waals surface area (Å²) in [7, 11) is 4.66. The molecule has 0 fully saturated rings. The molecule has 2 aromatic rings. The second-order valence-electron chi connectivity index (χ2n) is 7.42. The molecule has 0 spiro atoms. The van der Waals surface area contributed by atoms with Gasteiger partial charge in [-0.15, -0.1) is 0 Å². The van der Waals surface area contributed by atoms with E-state index in [4.69, 9.17) is 18.9 Å². The SMILES string of the molecule is COc1ccc(/C=C/C(=O)NC2CC(C)(C)Oc3ccccc32)c(OC)c1OC. The van der Waals surface area contributed by atoms with E-state index in [1.165, 1.54) is 6.08 Å². The summed E-state index contributed by atoms with van der Waals surface area (Å²) in [6.07, 6.45) is 3.88. The van der Waals surface area contributed by atoms with Crippen molar-refractivity contribution < 1.29 is 23.7 Å². The molecule has 3 rings (SSSR count). The first-order chi connectivity index (χ1) is 13.9. The average Bonchev–Trinajstić information content (AvgIpc) is 2.70. The Balaban J connectivity index is 1.80. The fourth-order valence-electron chi connectivity index (χ4n) is 3.57. The van der Waals surface area contributed by atoms with E-state index in [0.29, 0.717) is 29.2 Å². The minimum Gasteiger partial charge on any atom is -0.493 e. The predicted octanol–water partition coefficient (Wildman–Crippen LogP) is 4.14. The van der Waals surface area contributed by atoms with Gasteiger partial charge in [-0.1, -0.05) is 18.2 Å². The van der Waals surface area contributed by atoms with Crippen LogP contribution in [0.3, 0.4) is 0 Å². The highest BCUT2D eigenvalue weighted by Gasteiger charge is 2.34. The summed E-state index contributed by atoms with van der Waals surface area (Å²) in [5.41, 5.74) is 1.34. The van der Waals surface area contributed by atoms with Gasteiger partial charge in [-0.25, -0.2) is 0 Å². The quantitative estimate of drug-likeness (QED) is 0.742. The highest BCUT2D eigenvalue weighted by molar-refractivity contribution is 5.92. The van der Waals surface area contributed by atoms with Crippen LogP contribution < -0.4 is 24.3 Å². The fraction of sp³-hybridized carbons (Fsp3) is 0.348. The average molecular weight is 397 g/mol. The number of hydrogen-bond donors (Lipinski definition) is 1. The van der Waals surface area contributed by atoms with Crippen molar-refractivity contribution in [3.63, 3.8) is 0 Å². The van der Waals surface area contributed by atoms with Gasteiger partial charge in [-0.3, -0.25) is 4.79 Å². The summed E-state index contributed by atoms with van der Waals surface area (Å²) in [5, 5.41) is 3.09. The van der Waals surface area contributed by atoms with Crippen molar-refractivity contribution in [2.45, 2.75) is 31.9 Å². The van der Waals surface area contributed by atoms with Crippen molar-refractivity contribution in [3.05, 3.63) is 53.6 Å². The van der Waals surface area contributed by atoms with Crippen molar-refractivity contribution in [2.75, 3.05) is 21.3 Å². The molecule has 1 aliphatic heterocycles. The van der Waals surface area contributed by atoms with E-state index in [2.05, 4.69) is 5.32 Å². The molecule has 154 valence electrons. The first kappa shape index (κ1) is 20.6. The highest BCUT2D eigenvalue weighted by atomic mass is 16.5. The van der Waals surface area contributed by atoms with Crippen LogP contribution in [0.5, 0.6) is 23.0 Å². The van der Waals surface area contributed by atoms with Crippen LogP contribution in [0.4, 0.5) is 0 Å². The largest absolute Gasteiger partial charge is 0.493 e. The number of fused-ring (bicyclic) bond motifs is 1. The van der Waals surface area contributed by atoms with E-state index in [9.17, 15) is 4.79 Å². The van der Waals surface area contributed by atoms with Gasteiger partial charge < -0.3 is 24.3 Å². The van der Waals surface area contributed by atoms with E-state index < -0.39 is 0 Å². The van der Waals surface area contributed by atoms with Gasteiger partial charge in [-0.2, -0.15) is 0 Å². The van der Waals surface area contributed by atoms with Gasteiger partial charge in [0.05, 0.1) is 27.4 Å². The number of methoxy groups -OCH3 is 3. The number of rotatable bonds is 6. The molecule has 0 radical (unpaired) electrons. The molecule has 1 N–H and O–H groups in total. The molecule has 0 saturated heterocycles. The normalized spacial score (nSPS) is 17.2. The van der Waals surface area contributed by atoms with Crippen LogP contribution in [-0.2, 0) is 4.79 Å². The summed E-state index contributed by atoms with van der Waals surface area (Å²) >= 11 is 0. The molecule has 2 aromatic carbocycles. The predicted molar refractivity (Wildman–Crippen MR) is 112 cm³/mol. The maximum atomic E-state index is 12.6. The van der Waals surface area contributed by atoms with E-state index in [-0.39, 0.29) is 17.6 Å². The Morgan fingerprint density at radius 3 is 2.48 bits per heavy atom. The number of ether oxygens (including phenoxy) is 4. The lowest BCUT2D eigenvalue weighted by Crippen LogP contribution is -2.40. The van der Waals surface area contributed by atoms with Gasteiger partial charge >= 0.3 is 0 Å². The summed E-state index contributed by atoms with van der Waals surface area (Å²) in [4.78, 5) is 12.6. The van der Waals surface area contributed by atoms with Crippen LogP contribution in [0.2, 0.25) is 0 Å². The van der Waals surface area contributed by atoms with E-state index in [1.54, 1.807) is 33.5 Å². The van der Waals surface area contributed by atoms with E-state index in [1.807, 2.05) is 44.2 Å². The lowest BCUT2D eigenvalue weighted by atomic mass is 9.89. The molecule has 0 saturated carbocycles. The van der Waals surface area contributed by atoms with E-state index >= 15 is 0 Å². The first-order valence-corrected chi connectivity index (χ1v) is 9.44. The van der Waals surface area contributed by atoms with Gasteiger partial charge in [0.2, 0.25) is 11.7 Å². The molecule has 1 atom stereocenters. The standard InChI is InChI=1S/C23H27NO5/c1-23(2)14-17(16-8-6-7-9-18(16)29-23)24-20(25)13-11-15-10-12-19(26-3)22(28-5)21(15)27-4/h6-13,17H,14H2,1-5H3,(H,24,25)/b13-11+. The number of para-hydroxylation sites is 1. The number of hydrogen-bond acceptors (Lipinski definition) is 5. The Kier molecular flexibility index (Phi) is 6.01. The summed E-state index contributed by atoms with van der Waals surface area (Å²) in [6, 6.07) is 11.3. The topological polar surface area (TPSA) is 66.0 Å². The monoisotopic (exact) mass is 397 g/mol. The number of benzene rings is 2. The molecule has 0 aromatic heterocycles. The lowest BCUT2D eigenvalue weighted by Gasteiger charge is -2.37. The zero-order valence-electron chi connectivity index (χ0n) is 17.4. The maximum absolute atomic E-state index is 12.6. The third-order valence-electron chi connectivity index (χ3n) is 4.84. The van der Waals surface area contributed by atoms with Crippen molar-refractivity contribution >= 4 is 12.0 Å². The highest BCUT2D eigenvalue weighted by Crippen LogP contribution is 2.41. The molecule has 29 heavy (non-hydrogen) atoms. The van der Waals surface area contributed by atoms with Crippen molar-refractivity contribution in [1.82, 2.24) is 5.32 Å². The van der Waals surface area contributed by atoms with Crippen LogP contribution in [0.15, 0.2) is 42.5 Å². The Bertz CT molecular complexity index is 919. The van der Waals surface area contributed by atoms with Gasteiger partial charge in [0.1, 0.15) is 11.4 Å². The molecule has 1 amide bonds. The van der Waals surface area contributed by atoms with Crippen LogP contribution in [0.1, 0.15) is 37.4 Å². The third kappa shape index (κ3) is 4.47. The Morgan fingerprint density at radius 2 is 1.79 bits per heavy atom. The molecule has 1 unspecified atom stereocenters. The molecular formula is C23H27NO5. The van der Waals surface area contributed by atoms with Crippen molar-refractivity contribution in [1.29, 1.82) is 0 Å². The zero-order chi connectivity index (χ0) is 21.0. The van der Waals surface area contributed by atoms with Crippen LogP contribution in [-0.4, -0.2) is 32.8 Å².